The number of hydrogen-bond donors (Lipinski definition) is 2. The van der Waals surface area contributed by atoms with Crippen molar-refractivity contribution in [1.82, 2.24) is 20.4 Å². The van der Waals surface area contributed by atoms with Gasteiger partial charge in [-0.1, -0.05) is 35.3 Å². The van der Waals surface area contributed by atoms with Gasteiger partial charge in [0.2, 0.25) is 0 Å². The Hall–Kier alpha value is -3.60. The molecule has 0 amide bonds. The first-order valence-electron chi connectivity index (χ1n) is 10.5. The molecule has 0 radical (unpaired) electrons. The summed E-state index contributed by atoms with van der Waals surface area (Å²) in [5.74, 6) is 0.146. The smallest absolute Gasteiger partial charge is 0.337 e. The third-order valence-corrected chi connectivity index (χ3v) is 6.16. The van der Waals surface area contributed by atoms with Gasteiger partial charge in [0.05, 0.1) is 37.7 Å². The molecule has 0 unspecified atom stereocenters. The van der Waals surface area contributed by atoms with E-state index in [2.05, 4.69) is 15.7 Å². The summed E-state index contributed by atoms with van der Waals surface area (Å²) in [6, 6.07) is 11.1. The van der Waals surface area contributed by atoms with E-state index in [-0.39, 0.29) is 16.5 Å². The molecule has 3 aromatic rings. The average molecular weight is 547 g/mol. The van der Waals surface area contributed by atoms with Gasteiger partial charge in [0.1, 0.15) is 0 Å². The van der Waals surface area contributed by atoms with Crippen LogP contribution in [0.1, 0.15) is 18.5 Å². The lowest BCUT2D eigenvalue weighted by atomic mass is 9.95. The zero-order valence-electron chi connectivity index (χ0n) is 19.3. The number of rotatable bonds is 6. The van der Waals surface area contributed by atoms with Crippen LogP contribution in [-0.2, 0) is 9.53 Å². The van der Waals surface area contributed by atoms with Crippen LogP contribution in [0, 0.1) is 0 Å². The number of esters is 1. The van der Waals surface area contributed by atoms with Crippen LogP contribution in [-0.4, -0.2) is 35.1 Å². The Morgan fingerprint density at radius 1 is 1.11 bits per heavy atom. The summed E-state index contributed by atoms with van der Waals surface area (Å²) in [7, 11) is 2.77. The van der Waals surface area contributed by atoms with Crippen LogP contribution < -0.4 is 25.7 Å². The highest BCUT2D eigenvalue weighted by atomic mass is 35.5. The van der Waals surface area contributed by atoms with E-state index < -0.39 is 17.6 Å². The second-order valence-corrected chi connectivity index (χ2v) is 8.82. The number of allylic oxidation sites excluding steroid dienone is 1. The number of hydrogen-bond acceptors (Lipinski definition) is 7. The van der Waals surface area contributed by atoms with E-state index >= 15 is 0 Å². The lowest BCUT2D eigenvalue weighted by Gasteiger charge is -2.30. The third-order valence-electron chi connectivity index (χ3n) is 5.36. The summed E-state index contributed by atoms with van der Waals surface area (Å²) in [5, 5.41) is 10.8. The number of halogens is 2. The lowest BCUT2D eigenvalue weighted by molar-refractivity contribution is -0.136. The summed E-state index contributed by atoms with van der Waals surface area (Å²) in [6.07, 6.45) is 1.33. The minimum atomic E-state index is -0.582. The molecule has 12 heteroatoms. The average Bonchev–Trinajstić information content (AvgIpc) is 2.86. The molecule has 0 bridgehead atoms. The number of carbonyl (C=O) groups is 1. The maximum absolute atomic E-state index is 12.8. The predicted octanol–water partition coefficient (Wildman–Crippen LogP) is 4.31. The molecule has 2 heterocycles. The van der Waals surface area contributed by atoms with Gasteiger partial charge >= 0.3 is 5.97 Å². The second-order valence-electron chi connectivity index (χ2n) is 7.59. The van der Waals surface area contributed by atoms with E-state index in [0.29, 0.717) is 38.4 Å². The molecule has 1 atom stereocenters. The highest BCUT2D eigenvalue weighted by Crippen LogP contribution is 2.37. The van der Waals surface area contributed by atoms with Crippen molar-refractivity contribution in [2.24, 2.45) is 0 Å². The molecule has 0 aliphatic carbocycles. The van der Waals surface area contributed by atoms with Gasteiger partial charge in [-0.15, -0.1) is 0 Å². The Morgan fingerprint density at radius 2 is 1.89 bits per heavy atom. The van der Waals surface area contributed by atoms with Crippen molar-refractivity contribution >= 4 is 46.5 Å². The van der Waals surface area contributed by atoms with Crippen LogP contribution in [0.25, 0.3) is 5.69 Å². The maximum atomic E-state index is 12.8. The fourth-order valence-electron chi connectivity index (χ4n) is 3.67. The first kappa shape index (κ1) is 25.5. The third kappa shape index (κ3) is 5.01. The van der Waals surface area contributed by atoms with E-state index in [0.717, 1.165) is 4.68 Å². The Kier molecular flexibility index (Phi) is 7.48. The van der Waals surface area contributed by atoms with Crippen molar-refractivity contribution in [2.75, 3.05) is 14.2 Å². The largest absolute Gasteiger partial charge is 0.493 e. The van der Waals surface area contributed by atoms with E-state index in [1.54, 1.807) is 49.4 Å². The minimum Gasteiger partial charge on any atom is -0.493 e. The SMILES string of the molecule is COC(=O)C1=C(C)NC(=S)N[C@H]1c1ccc(Oc2cnn(-c3cccc(Cl)c3)c(=O)c2Cl)c(OC)c1. The number of nitrogens with zero attached hydrogens (tertiary/aromatic N) is 2. The quantitative estimate of drug-likeness (QED) is 0.345. The molecule has 186 valence electrons. The van der Waals surface area contributed by atoms with Crippen LogP contribution in [0.3, 0.4) is 0 Å². The summed E-state index contributed by atoms with van der Waals surface area (Å²) in [6.45, 7) is 1.74. The van der Waals surface area contributed by atoms with Gasteiger partial charge in [-0.3, -0.25) is 4.79 Å². The van der Waals surface area contributed by atoms with Crippen LogP contribution in [0.5, 0.6) is 17.2 Å². The number of ether oxygens (including phenoxy) is 3. The number of thiocarbonyl (C=S) groups is 1. The predicted molar refractivity (Wildman–Crippen MR) is 139 cm³/mol. The summed E-state index contributed by atoms with van der Waals surface area (Å²) >= 11 is 17.6. The standard InChI is InChI=1S/C24H20Cl2N4O5S/c1-12-19(23(32)34-3)21(29-24(36)28-12)13-7-8-16(17(9-13)33-2)35-18-11-27-30(22(31)20(18)26)15-6-4-5-14(25)10-15/h4-11,21H,1-3H3,(H2,28,29,36)/t21-/m0/s1. The lowest BCUT2D eigenvalue weighted by Crippen LogP contribution is -2.45. The van der Waals surface area contributed by atoms with Gasteiger partial charge in [0.25, 0.3) is 5.56 Å². The summed E-state index contributed by atoms with van der Waals surface area (Å²) in [4.78, 5) is 25.3. The van der Waals surface area contributed by atoms with Crippen molar-refractivity contribution in [2.45, 2.75) is 13.0 Å². The minimum absolute atomic E-state index is 0.0400. The molecular formula is C24H20Cl2N4O5S. The fraction of sp³-hybridized carbons (Fsp3) is 0.167. The Labute approximate surface area is 221 Å². The molecule has 1 aromatic heterocycles. The van der Waals surface area contributed by atoms with E-state index in [1.165, 1.54) is 20.4 Å². The monoisotopic (exact) mass is 546 g/mol. The second kappa shape index (κ2) is 10.6. The molecule has 0 saturated heterocycles. The van der Waals surface area contributed by atoms with Gasteiger partial charge in [-0.25, -0.2) is 4.79 Å². The number of aromatic nitrogens is 2. The van der Waals surface area contributed by atoms with Gasteiger partial charge in [-0.05, 0) is 55.0 Å². The maximum Gasteiger partial charge on any atom is 0.337 e. The van der Waals surface area contributed by atoms with Crippen LogP contribution in [0.2, 0.25) is 10.0 Å². The molecule has 1 aliphatic rings. The number of carbonyl (C=O) groups excluding carboxylic acids is 1. The number of benzene rings is 2. The highest BCUT2D eigenvalue weighted by Gasteiger charge is 2.31. The zero-order valence-corrected chi connectivity index (χ0v) is 21.6. The van der Waals surface area contributed by atoms with Gasteiger partial charge in [0, 0.05) is 10.7 Å². The van der Waals surface area contributed by atoms with E-state index in [9.17, 15) is 9.59 Å². The van der Waals surface area contributed by atoms with Crippen LogP contribution in [0.15, 0.2) is 64.7 Å². The van der Waals surface area contributed by atoms with Gasteiger partial charge in [-0.2, -0.15) is 9.78 Å². The Bertz CT molecular complexity index is 1460. The van der Waals surface area contributed by atoms with Crippen molar-refractivity contribution in [1.29, 1.82) is 0 Å². The highest BCUT2D eigenvalue weighted by molar-refractivity contribution is 7.80. The molecule has 9 nitrogen and oxygen atoms in total. The van der Waals surface area contributed by atoms with E-state index in [1.807, 2.05) is 0 Å². The van der Waals surface area contributed by atoms with Crippen molar-refractivity contribution in [3.8, 4) is 22.9 Å². The molecule has 0 spiro atoms. The summed E-state index contributed by atoms with van der Waals surface area (Å²) < 4.78 is 17.5. The zero-order chi connectivity index (χ0) is 26.0. The van der Waals surface area contributed by atoms with Crippen molar-refractivity contribution < 1.29 is 19.0 Å². The molecule has 1 aliphatic heterocycles. The normalized spacial score (nSPS) is 15.1. The van der Waals surface area contributed by atoms with Crippen LogP contribution >= 0.6 is 35.4 Å². The first-order chi connectivity index (χ1) is 17.2. The van der Waals surface area contributed by atoms with E-state index in [4.69, 9.17) is 49.6 Å². The summed E-state index contributed by atoms with van der Waals surface area (Å²) in [5.41, 5.74) is 1.50. The van der Waals surface area contributed by atoms with Crippen LogP contribution in [0.4, 0.5) is 0 Å². The van der Waals surface area contributed by atoms with Crippen molar-refractivity contribution in [3.05, 3.63) is 85.9 Å². The van der Waals surface area contributed by atoms with Crippen molar-refractivity contribution in [3.63, 3.8) is 0 Å². The number of methoxy groups -OCH3 is 2. The molecule has 0 fully saturated rings. The molecule has 2 aromatic carbocycles. The Morgan fingerprint density at radius 3 is 2.58 bits per heavy atom. The molecule has 2 N–H and O–H groups in total. The number of nitrogens with one attached hydrogen (secondary N) is 2. The fourth-order valence-corrected chi connectivity index (χ4v) is 4.29. The Balaban J connectivity index is 1.68. The molecule has 36 heavy (non-hydrogen) atoms. The molecule has 0 saturated carbocycles. The first-order valence-corrected chi connectivity index (χ1v) is 11.7. The van der Waals surface area contributed by atoms with Gasteiger partial charge < -0.3 is 24.8 Å². The topological polar surface area (TPSA) is 104 Å². The molecular weight excluding hydrogens is 527 g/mol. The van der Waals surface area contributed by atoms with Gasteiger partial charge in [0.15, 0.2) is 27.4 Å². The molecule has 4 rings (SSSR count).